The molecule has 2 amide bonds. The number of likely N-dealkylation sites (tertiary alicyclic amines) is 1. The number of carbonyl (C=O) groups is 2. The average molecular weight is 294 g/mol. The highest BCUT2D eigenvalue weighted by molar-refractivity contribution is 5.84. The van der Waals surface area contributed by atoms with Gasteiger partial charge in [-0.15, -0.1) is 0 Å². The third kappa shape index (κ3) is 3.64. The van der Waals surface area contributed by atoms with E-state index in [0.717, 1.165) is 11.5 Å². The minimum Gasteiger partial charge on any atom is -0.465 e. The first-order chi connectivity index (χ1) is 10.0. The summed E-state index contributed by atoms with van der Waals surface area (Å²) in [7, 11) is 3.30. The number of hydrogen-bond donors (Lipinski definition) is 1. The molecule has 0 unspecified atom stereocenters. The van der Waals surface area contributed by atoms with Gasteiger partial charge in [-0.2, -0.15) is 0 Å². The van der Waals surface area contributed by atoms with E-state index in [9.17, 15) is 9.59 Å². The number of amides is 2. The molecular weight excluding hydrogens is 272 g/mol. The number of nitrogens with one attached hydrogen (secondary N) is 1. The summed E-state index contributed by atoms with van der Waals surface area (Å²) in [6.07, 6.45) is 0.953. The molecule has 0 saturated carbocycles. The molecule has 1 aromatic rings. The normalized spacial score (nSPS) is 22.4. The molecule has 1 aromatic heterocycles. The first kappa shape index (κ1) is 15.6. The standard InChI is InChI=1S/C15H22N2O4/c1-10-4-5-11(21-10)8-16-15(19)12-6-7-14(18)17(2)13(12)9-20-3/h4-5,12-13H,6-9H2,1-3H3,(H,16,19)/t12-,13-/m1/s1. The van der Waals surface area contributed by atoms with E-state index in [1.807, 2.05) is 19.1 Å². The first-order valence-corrected chi connectivity index (χ1v) is 7.10. The number of aryl methyl sites for hydroxylation is 1. The minimum absolute atomic E-state index is 0.0581. The van der Waals surface area contributed by atoms with Gasteiger partial charge in [0.1, 0.15) is 11.5 Å². The molecule has 0 radical (unpaired) electrons. The van der Waals surface area contributed by atoms with Gasteiger partial charge in [0.25, 0.3) is 0 Å². The Morgan fingerprint density at radius 3 is 2.90 bits per heavy atom. The smallest absolute Gasteiger partial charge is 0.225 e. The molecule has 2 heterocycles. The lowest BCUT2D eigenvalue weighted by molar-refractivity contribution is -0.143. The quantitative estimate of drug-likeness (QED) is 0.882. The van der Waals surface area contributed by atoms with Crippen LogP contribution in [-0.4, -0.2) is 43.5 Å². The van der Waals surface area contributed by atoms with Crippen molar-refractivity contribution in [2.45, 2.75) is 32.4 Å². The van der Waals surface area contributed by atoms with Gasteiger partial charge < -0.3 is 19.4 Å². The van der Waals surface area contributed by atoms with E-state index in [0.29, 0.717) is 26.0 Å². The molecule has 1 N–H and O–H groups in total. The predicted molar refractivity (Wildman–Crippen MR) is 76.4 cm³/mol. The van der Waals surface area contributed by atoms with Gasteiger partial charge in [0.2, 0.25) is 11.8 Å². The zero-order valence-electron chi connectivity index (χ0n) is 12.7. The zero-order chi connectivity index (χ0) is 15.4. The lowest BCUT2D eigenvalue weighted by Gasteiger charge is -2.37. The van der Waals surface area contributed by atoms with E-state index in [4.69, 9.17) is 9.15 Å². The number of hydrogen-bond acceptors (Lipinski definition) is 4. The van der Waals surface area contributed by atoms with Crippen LogP contribution in [0.3, 0.4) is 0 Å². The summed E-state index contributed by atoms with van der Waals surface area (Å²) in [5, 5.41) is 2.88. The molecule has 6 nitrogen and oxygen atoms in total. The molecule has 116 valence electrons. The fraction of sp³-hybridized carbons (Fsp3) is 0.600. The lowest BCUT2D eigenvalue weighted by atomic mass is 9.88. The highest BCUT2D eigenvalue weighted by atomic mass is 16.5. The third-order valence-corrected chi connectivity index (χ3v) is 3.93. The Balaban J connectivity index is 1.97. The van der Waals surface area contributed by atoms with Gasteiger partial charge in [-0.1, -0.05) is 0 Å². The van der Waals surface area contributed by atoms with E-state index >= 15 is 0 Å². The zero-order valence-corrected chi connectivity index (χ0v) is 12.7. The van der Waals surface area contributed by atoms with Crippen LogP contribution >= 0.6 is 0 Å². The van der Waals surface area contributed by atoms with Gasteiger partial charge in [0.05, 0.1) is 25.1 Å². The molecule has 1 aliphatic heterocycles. The van der Waals surface area contributed by atoms with Gasteiger partial charge in [0.15, 0.2) is 0 Å². The molecule has 1 saturated heterocycles. The second-order valence-electron chi connectivity index (χ2n) is 5.40. The number of piperidine rings is 1. The van der Waals surface area contributed by atoms with Crippen molar-refractivity contribution in [3.8, 4) is 0 Å². The lowest BCUT2D eigenvalue weighted by Crippen LogP contribution is -2.53. The Labute approximate surface area is 124 Å². The molecule has 6 heteroatoms. The molecule has 0 spiro atoms. The average Bonchev–Trinajstić information content (AvgIpc) is 2.87. The van der Waals surface area contributed by atoms with Crippen molar-refractivity contribution in [1.29, 1.82) is 0 Å². The SMILES string of the molecule is COC[C@@H]1[C@H](C(=O)NCc2ccc(C)o2)CCC(=O)N1C. The van der Waals surface area contributed by atoms with Crippen LogP contribution in [0.2, 0.25) is 0 Å². The number of likely N-dealkylation sites (N-methyl/N-ethyl adjacent to an activating group) is 1. The number of furan rings is 1. The van der Waals surface area contributed by atoms with Crippen LogP contribution in [0.4, 0.5) is 0 Å². The van der Waals surface area contributed by atoms with Crippen molar-refractivity contribution in [3.05, 3.63) is 23.7 Å². The maximum absolute atomic E-state index is 12.4. The van der Waals surface area contributed by atoms with Crippen molar-refractivity contribution in [2.75, 3.05) is 20.8 Å². The highest BCUT2D eigenvalue weighted by Crippen LogP contribution is 2.24. The summed E-state index contributed by atoms with van der Waals surface area (Å²) < 4.78 is 10.6. The molecular formula is C15H22N2O4. The van der Waals surface area contributed by atoms with E-state index in [-0.39, 0.29) is 23.8 Å². The van der Waals surface area contributed by atoms with Gasteiger partial charge >= 0.3 is 0 Å². The van der Waals surface area contributed by atoms with Crippen LogP contribution in [0.1, 0.15) is 24.4 Å². The summed E-state index contributed by atoms with van der Waals surface area (Å²) in [6.45, 7) is 2.59. The van der Waals surface area contributed by atoms with E-state index in [1.165, 1.54) is 0 Å². The van der Waals surface area contributed by atoms with Crippen molar-refractivity contribution >= 4 is 11.8 Å². The number of carbonyl (C=O) groups excluding carboxylic acids is 2. The monoisotopic (exact) mass is 294 g/mol. The molecule has 0 aliphatic carbocycles. The van der Waals surface area contributed by atoms with Crippen LogP contribution < -0.4 is 5.32 Å². The molecule has 0 bridgehead atoms. The largest absolute Gasteiger partial charge is 0.465 e. The molecule has 2 atom stereocenters. The maximum Gasteiger partial charge on any atom is 0.225 e. The summed E-state index contributed by atoms with van der Waals surface area (Å²) in [4.78, 5) is 25.7. The Bertz CT molecular complexity index is 512. The van der Waals surface area contributed by atoms with Gasteiger partial charge in [-0.05, 0) is 25.5 Å². The Morgan fingerprint density at radius 2 is 2.29 bits per heavy atom. The molecule has 1 aliphatic rings. The molecule has 1 fully saturated rings. The number of ether oxygens (including phenoxy) is 1. The van der Waals surface area contributed by atoms with Crippen molar-refractivity contribution in [1.82, 2.24) is 10.2 Å². The fourth-order valence-electron chi connectivity index (χ4n) is 2.69. The Hall–Kier alpha value is -1.82. The second kappa shape index (κ2) is 6.76. The summed E-state index contributed by atoms with van der Waals surface area (Å²) in [5.41, 5.74) is 0. The highest BCUT2D eigenvalue weighted by Gasteiger charge is 2.37. The van der Waals surface area contributed by atoms with E-state index in [1.54, 1.807) is 19.1 Å². The minimum atomic E-state index is -0.247. The second-order valence-corrected chi connectivity index (χ2v) is 5.40. The molecule has 2 rings (SSSR count). The van der Waals surface area contributed by atoms with Crippen molar-refractivity contribution < 1.29 is 18.7 Å². The number of nitrogens with zero attached hydrogens (tertiary/aromatic N) is 1. The number of methoxy groups -OCH3 is 1. The van der Waals surface area contributed by atoms with E-state index in [2.05, 4.69) is 5.32 Å². The maximum atomic E-state index is 12.4. The first-order valence-electron chi connectivity index (χ1n) is 7.10. The summed E-state index contributed by atoms with van der Waals surface area (Å²) in [6, 6.07) is 3.50. The topological polar surface area (TPSA) is 71.8 Å². The van der Waals surface area contributed by atoms with Crippen molar-refractivity contribution in [3.63, 3.8) is 0 Å². The van der Waals surface area contributed by atoms with Crippen LogP contribution in [0.15, 0.2) is 16.5 Å². The van der Waals surface area contributed by atoms with Gasteiger partial charge in [-0.25, -0.2) is 0 Å². The summed E-state index contributed by atoms with van der Waals surface area (Å²) >= 11 is 0. The van der Waals surface area contributed by atoms with Crippen LogP contribution in [-0.2, 0) is 20.9 Å². The number of rotatable bonds is 5. The van der Waals surface area contributed by atoms with Crippen LogP contribution in [0.5, 0.6) is 0 Å². The van der Waals surface area contributed by atoms with Gasteiger partial charge in [0, 0.05) is 20.6 Å². The van der Waals surface area contributed by atoms with E-state index < -0.39 is 0 Å². The van der Waals surface area contributed by atoms with Crippen LogP contribution in [0, 0.1) is 12.8 Å². The third-order valence-electron chi connectivity index (χ3n) is 3.93. The Morgan fingerprint density at radius 1 is 1.52 bits per heavy atom. The predicted octanol–water partition coefficient (Wildman–Crippen LogP) is 1.09. The summed E-state index contributed by atoms with van der Waals surface area (Å²) in [5.74, 6) is 1.29. The molecule has 0 aromatic carbocycles. The molecule has 21 heavy (non-hydrogen) atoms. The Kier molecular flexibility index (Phi) is 5.01. The van der Waals surface area contributed by atoms with Crippen molar-refractivity contribution in [2.24, 2.45) is 5.92 Å². The van der Waals surface area contributed by atoms with Crippen LogP contribution in [0.25, 0.3) is 0 Å². The fourth-order valence-corrected chi connectivity index (χ4v) is 2.69. The van der Waals surface area contributed by atoms with Gasteiger partial charge in [-0.3, -0.25) is 9.59 Å².